The number of hydrogen-bond donors (Lipinski definition) is 0. The zero-order chi connectivity index (χ0) is 12.4. The molecule has 1 aromatic rings. The Hall–Kier alpha value is -1.12. The first-order valence-corrected chi connectivity index (χ1v) is 6.45. The van der Waals surface area contributed by atoms with E-state index in [1.54, 1.807) is 0 Å². The van der Waals surface area contributed by atoms with Crippen molar-refractivity contribution in [2.24, 2.45) is 11.8 Å². The zero-order valence-corrected chi connectivity index (χ0v) is 10.9. The molecular weight excluding hydrogens is 215 g/mol. The lowest BCUT2D eigenvalue weighted by atomic mass is 9.86. The third-order valence-corrected chi connectivity index (χ3v) is 3.88. The molecule has 0 saturated carbocycles. The summed E-state index contributed by atoms with van der Waals surface area (Å²) in [5, 5.41) is 0. The quantitative estimate of drug-likeness (QED) is 0.732. The van der Waals surface area contributed by atoms with Crippen molar-refractivity contribution >= 4 is 5.69 Å². The highest BCUT2D eigenvalue weighted by atomic mass is 19.1. The van der Waals surface area contributed by atoms with Crippen LogP contribution in [0.5, 0.6) is 0 Å². The normalized spacial score (nSPS) is 17.8. The predicted octanol–water partition coefficient (Wildman–Crippen LogP) is 3.40. The molecule has 0 bridgehead atoms. The van der Waals surface area contributed by atoms with Gasteiger partial charge in [0.1, 0.15) is 0 Å². The van der Waals surface area contributed by atoms with Crippen LogP contribution in [0.4, 0.5) is 10.1 Å². The van der Waals surface area contributed by atoms with E-state index in [0.29, 0.717) is 5.69 Å². The van der Waals surface area contributed by atoms with Crippen LogP contribution in [0.1, 0.15) is 32.3 Å². The van der Waals surface area contributed by atoms with Gasteiger partial charge in [0, 0.05) is 19.3 Å². The monoisotopic (exact) mass is 236 g/mol. The van der Waals surface area contributed by atoms with E-state index in [1.165, 1.54) is 6.20 Å². The Morgan fingerprint density at radius 2 is 2.00 bits per heavy atom. The maximum Gasteiger partial charge on any atom is 0.236 e. The lowest BCUT2D eigenvalue weighted by molar-refractivity contribution is 0.310. The van der Waals surface area contributed by atoms with Crippen molar-refractivity contribution in [3.8, 4) is 0 Å². The van der Waals surface area contributed by atoms with Gasteiger partial charge in [-0.05, 0) is 43.2 Å². The maximum atomic E-state index is 13.7. The minimum absolute atomic E-state index is 0.326. The molecule has 1 aliphatic rings. The number of rotatable bonds is 2. The molecule has 3 heteroatoms. The highest BCUT2D eigenvalue weighted by Crippen LogP contribution is 2.30. The topological polar surface area (TPSA) is 16.1 Å². The van der Waals surface area contributed by atoms with Crippen molar-refractivity contribution in [3.05, 3.63) is 23.8 Å². The van der Waals surface area contributed by atoms with Gasteiger partial charge in [-0.25, -0.2) is 4.98 Å². The lowest BCUT2D eigenvalue weighted by Crippen LogP contribution is -2.36. The molecule has 0 atom stereocenters. The molecular formula is C14H21FN2. The van der Waals surface area contributed by atoms with E-state index in [-0.39, 0.29) is 5.95 Å². The van der Waals surface area contributed by atoms with Crippen LogP contribution >= 0.6 is 0 Å². The Morgan fingerprint density at radius 3 is 2.53 bits per heavy atom. The number of aryl methyl sites for hydroxylation is 1. The largest absolute Gasteiger partial charge is 0.368 e. The van der Waals surface area contributed by atoms with Gasteiger partial charge in [0.2, 0.25) is 5.95 Å². The molecule has 2 heterocycles. The highest BCUT2D eigenvalue weighted by molar-refractivity contribution is 5.52. The number of halogens is 1. The Labute approximate surface area is 103 Å². The van der Waals surface area contributed by atoms with E-state index >= 15 is 0 Å². The maximum absolute atomic E-state index is 13.7. The van der Waals surface area contributed by atoms with Crippen LogP contribution in [0.15, 0.2) is 12.3 Å². The van der Waals surface area contributed by atoms with Crippen molar-refractivity contribution in [2.45, 2.75) is 33.6 Å². The van der Waals surface area contributed by atoms with E-state index in [2.05, 4.69) is 23.7 Å². The van der Waals surface area contributed by atoms with E-state index in [0.717, 1.165) is 43.3 Å². The summed E-state index contributed by atoms with van der Waals surface area (Å²) in [6.07, 6.45) is 3.85. The van der Waals surface area contributed by atoms with Crippen LogP contribution in [0.3, 0.4) is 0 Å². The molecule has 0 aromatic carbocycles. The molecule has 1 aliphatic heterocycles. The Morgan fingerprint density at radius 1 is 1.35 bits per heavy atom. The SMILES string of the molecule is Cc1ccnc(F)c1N1CCC(C(C)C)CC1. The van der Waals surface area contributed by atoms with E-state index < -0.39 is 0 Å². The van der Waals surface area contributed by atoms with E-state index in [1.807, 2.05) is 13.0 Å². The summed E-state index contributed by atoms with van der Waals surface area (Å²) in [5.74, 6) is 1.19. The average molecular weight is 236 g/mol. The number of nitrogens with zero attached hydrogens (tertiary/aromatic N) is 2. The lowest BCUT2D eigenvalue weighted by Gasteiger charge is -2.35. The number of piperidine rings is 1. The number of anilines is 1. The van der Waals surface area contributed by atoms with Gasteiger partial charge in [-0.3, -0.25) is 0 Å². The van der Waals surface area contributed by atoms with Gasteiger partial charge in [-0.15, -0.1) is 0 Å². The molecule has 0 N–H and O–H groups in total. The third-order valence-electron chi connectivity index (χ3n) is 3.88. The summed E-state index contributed by atoms with van der Waals surface area (Å²) >= 11 is 0. The van der Waals surface area contributed by atoms with Crippen molar-refractivity contribution in [1.82, 2.24) is 4.98 Å². The van der Waals surface area contributed by atoms with Crippen molar-refractivity contribution in [1.29, 1.82) is 0 Å². The van der Waals surface area contributed by atoms with Gasteiger partial charge in [0.25, 0.3) is 0 Å². The summed E-state index contributed by atoms with van der Waals surface area (Å²) in [6, 6.07) is 1.88. The summed E-state index contributed by atoms with van der Waals surface area (Å²) in [4.78, 5) is 5.91. The average Bonchev–Trinajstić information content (AvgIpc) is 2.29. The number of pyridine rings is 1. The number of aromatic nitrogens is 1. The van der Waals surface area contributed by atoms with Gasteiger partial charge < -0.3 is 4.90 Å². The van der Waals surface area contributed by atoms with Crippen LogP contribution in [0, 0.1) is 24.7 Å². The molecule has 0 amide bonds. The second-order valence-corrected chi connectivity index (χ2v) is 5.34. The van der Waals surface area contributed by atoms with Crippen LogP contribution in [-0.4, -0.2) is 18.1 Å². The first kappa shape index (κ1) is 12.3. The second kappa shape index (κ2) is 5.03. The fourth-order valence-electron chi connectivity index (χ4n) is 2.69. The first-order valence-electron chi connectivity index (χ1n) is 6.45. The van der Waals surface area contributed by atoms with Gasteiger partial charge in [-0.2, -0.15) is 4.39 Å². The first-order chi connectivity index (χ1) is 8.09. The minimum Gasteiger partial charge on any atom is -0.368 e. The van der Waals surface area contributed by atoms with E-state index in [9.17, 15) is 4.39 Å². The fourth-order valence-corrected chi connectivity index (χ4v) is 2.69. The molecule has 0 spiro atoms. The van der Waals surface area contributed by atoms with Crippen molar-refractivity contribution < 1.29 is 4.39 Å². The summed E-state index contributed by atoms with van der Waals surface area (Å²) in [5.41, 5.74) is 1.69. The second-order valence-electron chi connectivity index (χ2n) is 5.34. The Balaban J connectivity index is 2.11. The van der Waals surface area contributed by atoms with Gasteiger partial charge in [0.05, 0.1) is 5.69 Å². The smallest absolute Gasteiger partial charge is 0.236 e. The molecule has 2 nitrogen and oxygen atoms in total. The molecule has 1 fully saturated rings. The standard InChI is InChI=1S/C14H21FN2/c1-10(2)12-5-8-17(9-6-12)13-11(3)4-7-16-14(13)15/h4,7,10,12H,5-6,8-9H2,1-3H3. The van der Waals surface area contributed by atoms with Crippen LogP contribution < -0.4 is 4.90 Å². The molecule has 2 rings (SSSR count). The molecule has 0 aliphatic carbocycles. The summed E-state index contributed by atoms with van der Waals surface area (Å²) < 4.78 is 13.7. The molecule has 94 valence electrons. The Bertz CT molecular complexity index is 362. The Kier molecular flexibility index (Phi) is 3.65. The molecule has 0 radical (unpaired) electrons. The summed E-state index contributed by atoms with van der Waals surface area (Å²) in [6.45, 7) is 8.40. The predicted molar refractivity (Wildman–Crippen MR) is 68.7 cm³/mol. The molecule has 17 heavy (non-hydrogen) atoms. The third kappa shape index (κ3) is 2.59. The van der Waals surface area contributed by atoms with Crippen molar-refractivity contribution in [3.63, 3.8) is 0 Å². The van der Waals surface area contributed by atoms with Gasteiger partial charge in [-0.1, -0.05) is 13.8 Å². The van der Waals surface area contributed by atoms with Crippen LogP contribution in [0.2, 0.25) is 0 Å². The summed E-state index contributed by atoms with van der Waals surface area (Å²) in [7, 11) is 0. The number of hydrogen-bond acceptors (Lipinski definition) is 2. The van der Waals surface area contributed by atoms with Gasteiger partial charge >= 0.3 is 0 Å². The molecule has 1 saturated heterocycles. The highest BCUT2D eigenvalue weighted by Gasteiger charge is 2.24. The van der Waals surface area contributed by atoms with Gasteiger partial charge in [0.15, 0.2) is 0 Å². The van der Waals surface area contributed by atoms with Crippen molar-refractivity contribution in [2.75, 3.05) is 18.0 Å². The molecule has 0 unspecified atom stereocenters. The van der Waals surface area contributed by atoms with Crippen LogP contribution in [0.25, 0.3) is 0 Å². The minimum atomic E-state index is -0.326. The fraction of sp³-hybridized carbons (Fsp3) is 0.643. The molecule has 1 aromatic heterocycles. The zero-order valence-electron chi connectivity index (χ0n) is 10.9. The van der Waals surface area contributed by atoms with E-state index in [4.69, 9.17) is 0 Å². The van der Waals surface area contributed by atoms with Crippen LogP contribution in [-0.2, 0) is 0 Å².